The van der Waals surface area contributed by atoms with Gasteiger partial charge in [0.25, 0.3) is 0 Å². The Morgan fingerprint density at radius 1 is 1.16 bits per heavy atom. The lowest BCUT2D eigenvalue weighted by molar-refractivity contribution is 0.148. The second kappa shape index (κ2) is 5.91. The number of pyridine rings is 1. The summed E-state index contributed by atoms with van der Waals surface area (Å²) in [5, 5.41) is 3.55. The molecule has 1 N–H and O–H groups in total. The summed E-state index contributed by atoms with van der Waals surface area (Å²) in [6, 6.07) is 5.01. The van der Waals surface area contributed by atoms with Crippen molar-refractivity contribution >= 4 is 0 Å². The minimum atomic E-state index is 0.382. The Balaban J connectivity index is 1.62. The molecular formula is C16H24N2O. The summed E-state index contributed by atoms with van der Waals surface area (Å²) < 4.78 is 6.06. The van der Waals surface area contributed by atoms with Gasteiger partial charge in [-0.25, -0.2) is 4.98 Å². The zero-order chi connectivity index (χ0) is 13.1. The molecule has 1 heterocycles. The van der Waals surface area contributed by atoms with E-state index < -0.39 is 0 Å². The number of nitrogens with one attached hydrogen (secondary N) is 1. The third-order valence-corrected chi connectivity index (χ3v) is 4.00. The van der Waals surface area contributed by atoms with Crippen LogP contribution in [0.3, 0.4) is 0 Å². The van der Waals surface area contributed by atoms with Gasteiger partial charge in [0.15, 0.2) is 0 Å². The molecule has 104 valence electrons. The highest BCUT2D eigenvalue weighted by Crippen LogP contribution is 2.24. The molecular weight excluding hydrogens is 236 g/mol. The number of ether oxygens (including phenoxy) is 1. The molecule has 3 heteroatoms. The van der Waals surface area contributed by atoms with Gasteiger partial charge in [0.2, 0.25) is 5.88 Å². The average Bonchev–Trinajstić information content (AvgIpc) is 3.21. The molecule has 2 fully saturated rings. The Labute approximate surface area is 115 Å². The zero-order valence-corrected chi connectivity index (χ0v) is 11.8. The lowest BCUT2D eigenvalue weighted by Crippen LogP contribution is -2.21. The van der Waals surface area contributed by atoms with Crippen molar-refractivity contribution < 1.29 is 4.74 Å². The predicted octanol–water partition coefficient (Wildman–Crippen LogP) is 3.35. The molecule has 0 saturated heterocycles. The molecule has 19 heavy (non-hydrogen) atoms. The van der Waals surface area contributed by atoms with Crippen LogP contribution in [-0.4, -0.2) is 17.1 Å². The smallest absolute Gasteiger partial charge is 0.214 e. The first-order valence-corrected chi connectivity index (χ1v) is 7.67. The number of aryl methyl sites for hydroxylation is 1. The van der Waals surface area contributed by atoms with Gasteiger partial charge in [0.05, 0.1) is 0 Å². The topological polar surface area (TPSA) is 34.1 Å². The van der Waals surface area contributed by atoms with Crippen molar-refractivity contribution in [3.8, 4) is 5.88 Å². The largest absolute Gasteiger partial charge is 0.474 e. The van der Waals surface area contributed by atoms with Crippen LogP contribution in [0.25, 0.3) is 0 Å². The highest BCUT2D eigenvalue weighted by atomic mass is 16.5. The van der Waals surface area contributed by atoms with Gasteiger partial charge in [-0.1, -0.05) is 6.42 Å². The summed E-state index contributed by atoms with van der Waals surface area (Å²) in [4.78, 5) is 4.52. The molecule has 2 aliphatic rings. The third kappa shape index (κ3) is 3.93. The molecule has 2 saturated carbocycles. The van der Waals surface area contributed by atoms with E-state index in [4.69, 9.17) is 4.74 Å². The quantitative estimate of drug-likeness (QED) is 0.881. The second-order valence-electron chi connectivity index (χ2n) is 5.99. The normalized spacial score (nSPS) is 20.5. The van der Waals surface area contributed by atoms with Crippen molar-refractivity contribution in [3.05, 3.63) is 23.4 Å². The van der Waals surface area contributed by atoms with Gasteiger partial charge in [-0.15, -0.1) is 0 Å². The molecule has 0 aromatic carbocycles. The molecule has 0 bridgehead atoms. The van der Waals surface area contributed by atoms with Crippen LogP contribution < -0.4 is 10.1 Å². The van der Waals surface area contributed by atoms with Gasteiger partial charge >= 0.3 is 0 Å². The van der Waals surface area contributed by atoms with Gasteiger partial charge in [-0.05, 0) is 57.1 Å². The summed E-state index contributed by atoms with van der Waals surface area (Å²) in [6.07, 6.45) is 9.37. The number of hydrogen-bond acceptors (Lipinski definition) is 3. The Morgan fingerprint density at radius 3 is 2.68 bits per heavy atom. The Bertz CT molecular complexity index is 423. The second-order valence-corrected chi connectivity index (χ2v) is 5.99. The summed E-state index contributed by atoms with van der Waals surface area (Å²) >= 11 is 0. The molecule has 1 aromatic rings. The van der Waals surface area contributed by atoms with Crippen LogP contribution in [0.5, 0.6) is 5.88 Å². The number of aromatic nitrogens is 1. The van der Waals surface area contributed by atoms with Gasteiger partial charge < -0.3 is 10.1 Å². The van der Waals surface area contributed by atoms with Crippen molar-refractivity contribution in [1.82, 2.24) is 10.3 Å². The molecule has 0 atom stereocenters. The van der Waals surface area contributed by atoms with Gasteiger partial charge in [-0.2, -0.15) is 0 Å². The monoisotopic (exact) mass is 260 g/mol. The van der Waals surface area contributed by atoms with Crippen LogP contribution in [0.1, 0.15) is 56.2 Å². The highest BCUT2D eigenvalue weighted by Gasteiger charge is 2.20. The Morgan fingerprint density at radius 2 is 1.95 bits per heavy atom. The fraction of sp³-hybridized carbons (Fsp3) is 0.688. The van der Waals surface area contributed by atoms with E-state index in [1.807, 2.05) is 6.92 Å². The van der Waals surface area contributed by atoms with E-state index in [1.54, 1.807) is 0 Å². The summed E-state index contributed by atoms with van der Waals surface area (Å²) in [7, 11) is 0. The van der Waals surface area contributed by atoms with E-state index in [2.05, 4.69) is 22.4 Å². The predicted molar refractivity (Wildman–Crippen MR) is 76.3 cm³/mol. The Kier molecular flexibility index (Phi) is 4.02. The van der Waals surface area contributed by atoms with Crippen molar-refractivity contribution in [2.24, 2.45) is 0 Å². The fourth-order valence-electron chi connectivity index (χ4n) is 2.77. The lowest BCUT2D eigenvalue weighted by Gasteiger charge is -2.22. The Hall–Kier alpha value is -1.09. The van der Waals surface area contributed by atoms with Crippen LogP contribution in [-0.2, 0) is 6.54 Å². The first kappa shape index (κ1) is 12.9. The van der Waals surface area contributed by atoms with Crippen LogP contribution in [0, 0.1) is 6.92 Å². The molecule has 0 radical (unpaired) electrons. The average molecular weight is 260 g/mol. The van der Waals surface area contributed by atoms with E-state index in [9.17, 15) is 0 Å². The van der Waals surface area contributed by atoms with E-state index in [0.29, 0.717) is 6.10 Å². The molecule has 2 aliphatic carbocycles. The van der Waals surface area contributed by atoms with Gasteiger partial charge in [-0.3, -0.25) is 0 Å². The zero-order valence-electron chi connectivity index (χ0n) is 11.8. The molecule has 3 rings (SSSR count). The van der Waals surface area contributed by atoms with Crippen molar-refractivity contribution in [2.75, 3.05) is 0 Å². The van der Waals surface area contributed by atoms with Crippen LogP contribution in [0.4, 0.5) is 0 Å². The van der Waals surface area contributed by atoms with Crippen molar-refractivity contribution in [1.29, 1.82) is 0 Å². The fourth-order valence-corrected chi connectivity index (χ4v) is 2.77. The minimum Gasteiger partial charge on any atom is -0.474 e. The minimum absolute atomic E-state index is 0.382. The first-order valence-electron chi connectivity index (χ1n) is 7.67. The SMILES string of the molecule is Cc1cc(CNC2CC2)cc(OC2CCCCC2)n1. The molecule has 0 spiro atoms. The van der Waals surface area contributed by atoms with Crippen LogP contribution >= 0.6 is 0 Å². The number of hydrogen-bond donors (Lipinski definition) is 1. The van der Waals surface area contributed by atoms with Crippen molar-refractivity contribution in [3.63, 3.8) is 0 Å². The number of nitrogens with zero attached hydrogens (tertiary/aromatic N) is 1. The van der Waals surface area contributed by atoms with Gasteiger partial charge in [0, 0.05) is 24.3 Å². The van der Waals surface area contributed by atoms with Crippen LogP contribution in [0.2, 0.25) is 0 Å². The van der Waals surface area contributed by atoms with E-state index >= 15 is 0 Å². The maximum Gasteiger partial charge on any atom is 0.214 e. The molecule has 3 nitrogen and oxygen atoms in total. The highest BCUT2D eigenvalue weighted by molar-refractivity contribution is 5.25. The maximum absolute atomic E-state index is 6.06. The standard InChI is InChI=1S/C16H24N2O/c1-12-9-13(11-17-14-7-8-14)10-16(18-12)19-15-5-3-2-4-6-15/h9-10,14-15,17H,2-8,11H2,1H3. The van der Waals surface area contributed by atoms with E-state index in [-0.39, 0.29) is 0 Å². The molecule has 1 aromatic heterocycles. The summed E-state index contributed by atoms with van der Waals surface area (Å²) in [5.41, 5.74) is 2.35. The number of rotatable bonds is 5. The summed E-state index contributed by atoms with van der Waals surface area (Å²) in [6.45, 7) is 2.99. The third-order valence-electron chi connectivity index (χ3n) is 4.00. The maximum atomic E-state index is 6.06. The summed E-state index contributed by atoms with van der Waals surface area (Å²) in [5.74, 6) is 0.819. The first-order chi connectivity index (χ1) is 9.29. The lowest BCUT2D eigenvalue weighted by atomic mass is 9.98. The van der Waals surface area contributed by atoms with E-state index in [1.165, 1.54) is 50.5 Å². The van der Waals surface area contributed by atoms with Gasteiger partial charge in [0.1, 0.15) is 6.10 Å². The van der Waals surface area contributed by atoms with Crippen LogP contribution in [0.15, 0.2) is 12.1 Å². The van der Waals surface area contributed by atoms with Crippen molar-refractivity contribution in [2.45, 2.75) is 70.6 Å². The van der Waals surface area contributed by atoms with E-state index in [0.717, 1.165) is 24.2 Å². The molecule has 0 amide bonds. The molecule has 0 aliphatic heterocycles. The molecule has 0 unspecified atom stereocenters.